The van der Waals surface area contributed by atoms with Gasteiger partial charge in [0.15, 0.2) is 8.32 Å². The molecule has 0 saturated heterocycles. The van der Waals surface area contributed by atoms with Crippen molar-refractivity contribution in [3.8, 4) is 0 Å². The van der Waals surface area contributed by atoms with Crippen LogP contribution in [-0.2, 0) is 35.5 Å². The Kier molecular flexibility index (Phi) is 21.9. The maximum Gasteiger partial charge on any atom is 0 e. The van der Waals surface area contributed by atoms with E-state index in [0.29, 0.717) is 0 Å². The number of allylic oxidation sites excluding steroid dienone is 4. The molecule has 1 aliphatic carbocycles. The first-order chi connectivity index (χ1) is 9.83. The summed E-state index contributed by atoms with van der Waals surface area (Å²) in [4.78, 5) is 0. The van der Waals surface area contributed by atoms with Crippen LogP contribution in [-0.4, -0.2) is 14.4 Å². The Morgan fingerprint density at radius 1 is 0.818 bits per heavy atom. The van der Waals surface area contributed by atoms with E-state index in [4.69, 9.17) is 18.4 Å². The molecule has 0 amide bonds. The molecule has 22 heavy (non-hydrogen) atoms. The Bertz CT molecular complexity index is 382. The molecule has 0 aromatic carbocycles. The number of hydrogen-bond acceptors (Lipinski definition) is 1. The first-order valence-corrected chi connectivity index (χ1v) is 9.04. The van der Waals surface area contributed by atoms with Crippen molar-refractivity contribution in [3.63, 3.8) is 0 Å². The van der Waals surface area contributed by atoms with Gasteiger partial charge < -0.3 is 4.43 Å². The Balaban J connectivity index is -0.000000206. The first-order valence-electron chi connectivity index (χ1n) is 6.14. The van der Waals surface area contributed by atoms with Crippen molar-refractivity contribution in [2.45, 2.75) is 45.0 Å². The second-order valence-corrected chi connectivity index (χ2v) is 10.3. The molecule has 0 unspecified atom stereocenters. The normalized spacial score (nSPS) is 12.7. The van der Waals surface area contributed by atoms with E-state index in [2.05, 4.69) is 78.1 Å². The molecular weight excluding hydrogens is 340 g/mol. The summed E-state index contributed by atoms with van der Waals surface area (Å²) in [6.45, 7) is 24.9. The van der Waals surface area contributed by atoms with Crippen LogP contribution in [0, 0.1) is 20.0 Å². The van der Waals surface area contributed by atoms with Gasteiger partial charge in [-0.3, -0.25) is 0 Å². The Morgan fingerprint density at radius 2 is 1.14 bits per heavy atom. The fourth-order valence-electron chi connectivity index (χ4n) is 1.14. The van der Waals surface area contributed by atoms with E-state index >= 15 is 0 Å². The van der Waals surface area contributed by atoms with Gasteiger partial charge in [0.1, 0.15) is 0 Å². The third kappa shape index (κ3) is 12.8. The zero-order chi connectivity index (χ0) is 17.5. The molecule has 0 radical (unpaired) electrons. The second-order valence-electron chi connectivity index (χ2n) is 5.50. The summed E-state index contributed by atoms with van der Waals surface area (Å²) >= 11 is 0. The summed E-state index contributed by atoms with van der Waals surface area (Å²) in [5.74, 6) is 0. The second kappa shape index (κ2) is 16.5. The van der Waals surface area contributed by atoms with E-state index < -0.39 is 8.32 Å². The van der Waals surface area contributed by atoms with E-state index in [0.717, 1.165) is 0 Å². The van der Waals surface area contributed by atoms with Gasteiger partial charge in [-0.2, -0.15) is 0 Å². The van der Waals surface area contributed by atoms with Crippen molar-refractivity contribution in [1.29, 1.82) is 0 Å². The van der Waals surface area contributed by atoms with Gasteiger partial charge in [0.05, 0.1) is 6.10 Å². The molecule has 0 bridgehead atoms. The van der Waals surface area contributed by atoms with Crippen LogP contribution in [0.25, 0.3) is 0 Å². The van der Waals surface area contributed by atoms with Gasteiger partial charge in [-0.1, -0.05) is 57.2 Å². The standard InChI is InChI=1S/C13H22OSi.3CO.Fe/c1-13(2,3)15(4,5)14-12-10-8-6-7-9-11-12;3*1-2;/h6-12H,1-5H3;;;;. The molecule has 1 rings (SSSR count). The zero-order valence-corrected chi connectivity index (χ0v) is 15.6. The Hall–Kier alpha value is -0.864. The van der Waals surface area contributed by atoms with E-state index in [1.165, 1.54) is 0 Å². The predicted octanol–water partition coefficient (Wildman–Crippen LogP) is 3.94. The minimum absolute atomic E-state index is 0. The largest absolute Gasteiger partial charge is 0 e. The van der Waals surface area contributed by atoms with Gasteiger partial charge in [0, 0.05) is 17.1 Å². The van der Waals surface area contributed by atoms with Gasteiger partial charge in [-0.15, -0.1) is 0 Å². The maximum absolute atomic E-state index is 7.50. The quantitative estimate of drug-likeness (QED) is 0.417. The van der Waals surface area contributed by atoms with Crippen molar-refractivity contribution in [1.82, 2.24) is 0 Å². The summed E-state index contributed by atoms with van der Waals surface area (Å²) < 4.78 is 28.7. The SMILES string of the molecule is CC(C)(C)[Si](C)(C)OC1C=CC=CC=C1.[C-]#[O+].[C-]#[O+].[C-]#[O+].[Fe]. The molecule has 0 atom stereocenters. The topological polar surface area (TPSA) is 68.9 Å². The molecule has 0 aliphatic heterocycles. The maximum atomic E-state index is 7.50. The Morgan fingerprint density at radius 3 is 1.41 bits per heavy atom. The molecule has 0 saturated carbocycles. The summed E-state index contributed by atoms with van der Waals surface area (Å²) in [5, 5.41) is 0.272. The van der Waals surface area contributed by atoms with Crippen LogP contribution < -0.4 is 0 Å². The average Bonchev–Trinajstić information content (AvgIpc) is 2.72. The van der Waals surface area contributed by atoms with E-state index in [1.54, 1.807) is 0 Å². The van der Waals surface area contributed by atoms with Gasteiger partial charge in [0.2, 0.25) is 0 Å². The van der Waals surface area contributed by atoms with E-state index in [-0.39, 0.29) is 28.2 Å². The molecule has 6 heteroatoms. The molecule has 0 fully saturated rings. The predicted molar refractivity (Wildman–Crippen MR) is 81.3 cm³/mol. The van der Waals surface area contributed by atoms with Crippen molar-refractivity contribution < 1.29 is 35.5 Å². The van der Waals surface area contributed by atoms with Crippen LogP contribution in [0.1, 0.15) is 20.8 Å². The minimum atomic E-state index is -1.64. The van der Waals surface area contributed by atoms with Crippen LogP contribution in [0.4, 0.5) is 0 Å². The monoisotopic (exact) mass is 362 g/mol. The van der Waals surface area contributed by atoms with Crippen molar-refractivity contribution >= 4 is 8.32 Å². The van der Waals surface area contributed by atoms with Gasteiger partial charge in [-0.05, 0) is 18.1 Å². The summed E-state index contributed by atoms with van der Waals surface area (Å²) in [6.07, 6.45) is 12.5. The van der Waals surface area contributed by atoms with Crippen LogP contribution in [0.5, 0.6) is 0 Å². The first kappa shape index (κ1) is 29.2. The third-order valence-electron chi connectivity index (χ3n) is 3.17. The van der Waals surface area contributed by atoms with Crippen LogP contribution in [0.15, 0.2) is 36.5 Å². The number of hydrogen-bond donors (Lipinski definition) is 0. The number of rotatable bonds is 2. The van der Waals surface area contributed by atoms with Gasteiger partial charge >= 0.3 is 33.9 Å². The van der Waals surface area contributed by atoms with Crippen molar-refractivity contribution in [3.05, 3.63) is 56.4 Å². The fraction of sp³-hybridized carbons (Fsp3) is 0.438. The molecule has 0 N–H and O–H groups in total. The molecular formula is C16H22FeO4Si. The molecule has 122 valence electrons. The van der Waals surface area contributed by atoms with Crippen LogP contribution in [0.3, 0.4) is 0 Å². The molecule has 0 spiro atoms. The molecule has 0 aromatic heterocycles. The minimum Gasteiger partial charge on any atom is 0 e. The summed E-state index contributed by atoms with van der Waals surface area (Å²) in [6, 6.07) is 0. The summed E-state index contributed by atoms with van der Waals surface area (Å²) in [5.41, 5.74) is 0. The average molecular weight is 362 g/mol. The molecule has 0 heterocycles. The summed E-state index contributed by atoms with van der Waals surface area (Å²) in [7, 11) is -1.64. The molecule has 4 nitrogen and oxygen atoms in total. The Labute approximate surface area is 145 Å². The zero-order valence-electron chi connectivity index (χ0n) is 13.5. The van der Waals surface area contributed by atoms with E-state index in [9.17, 15) is 0 Å². The van der Waals surface area contributed by atoms with Crippen molar-refractivity contribution in [2.75, 3.05) is 0 Å². The fourth-order valence-corrected chi connectivity index (χ4v) is 2.33. The smallest absolute Gasteiger partial charge is 0 e. The van der Waals surface area contributed by atoms with Crippen LogP contribution >= 0.6 is 0 Å². The van der Waals surface area contributed by atoms with Crippen LogP contribution in [0.2, 0.25) is 18.1 Å². The van der Waals surface area contributed by atoms with Crippen molar-refractivity contribution in [2.24, 2.45) is 0 Å². The molecule has 1 aliphatic rings. The molecule has 0 aromatic rings. The van der Waals surface area contributed by atoms with Gasteiger partial charge in [-0.25, -0.2) is 0 Å². The van der Waals surface area contributed by atoms with Gasteiger partial charge in [0.25, 0.3) is 0 Å². The third-order valence-corrected chi connectivity index (χ3v) is 7.65. The van der Waals surface area contributed by atoms with E-state index in [1.807, 2.05) is 12.2 Å².